The van der Waals surface area contributed by atoms with Crippen molar-refractivity contribution in [2.24, 2.45) is 0 Å². The molecule has 76 valence electrons. The third-order valence-electron chi connectivity index (χ3n) is 2.50. The van der Waals surface area contributed by atoms with E-state index in [0.717, 1.165) is 13.0 Å². The van der Waals surface area contributed by atoms with Crippen molar-refractivity contribution in [3.63, 3.8) is 0 Å². The zero-order valence-electron chi connectivity index (χ0n) is 9.35. The van der Waals surface area contributed by atoms with Gasteiger partial charge >= 0.3 is 0 Å². The minimum atomic E-state index is 0.877. The molecule has 14 heavy (non-hydrogen) atoms. The summed E-state index contributed by atoms with van der Waals surface area (Å²) in [5.74, 6) is 0. The molecule has 0 atom stereocenters. The Morgan fingerprint density at radius 1 is 1.29 bits per heavy atom. The molecule has 0 spiro atoms. The van der Waals surface area contributed by atoms with Gasteiger partial charge in [0.25, 0.3) is 0 Å². The highest BCUT2D eigenvalue weighted by atomic mass is 14.9. The highest BCUT2D eigenvalue weighted by molar-refractivity contribution is 5.57. The highest BCUT2D eigenvalue weighted by Crippen LogP contribution is 2.19. The lowest BCUT2D eigenvalue weighted by Crippen LogP contribution is -2.06. The van der Waals surface area contributed by atoms with Gasteiger partial charge in [0.1, 0.15) is 0 Å². The molecular weight excluding hydrogens is 170 g/mol. The smallest absolute Gasteiger partial charge is 0.0402 e. The Morgan fingerprint density at radius 2 is 1.86 bits per heavy atom. The molecule has 0 saturated heterocycles. The van der Waals surface area contributed by atoms with E-state index in [4.69, 9.17) is 0 Å². The quantitative estimate of drug-likeness (QED) is 0.712. The maximum absolute atomic E-state index is 3.99. The predicted octanol–water partition coefficient (Wildman–Crippen LogP) is 3.68. The summed E-state index contributed by atoms with van der Waals surface area (Å²) >= 11 is 0. The molecule has 1 rings (SSSR count). The molecule has 0 unspecified atom stereocenters. The summed E-state index contributed by atoms with van der Waals surface area (Å²) in [6.07, 6.45) is 1.04. The summed E-state index contributed by atoms with van der Waals surface area (Å²) in [6.45, 7) is 11.3. The van der Waals surface area contributed by atoms with Gasteiger partial charge in [-0.05, 0) is 31.4 Å². The van der Waals surface area contributed by atoms with Crippen LogP contribution >= 0.6 is 0 Å². The van der Waals surface area contributed by atoms with Crippen molar-refractivity contribution in [3.8, 4) is 0 Å². The summed E-state index contributed by atoms with van der Waals surface area (Å²) in [4.78, 5) is 0. The first kappa shape index (κ1) is 10.8. The molecule has 0 saturated carbocycles. The molecule has 0 aromatic heterocycles. The Hall–Kier alpha value is -1.24. The van der Waals surface area contributed by atoms with Crippen LogP contribution < -0.4 is 5.32 Å². The first-order valence-corrected chi connectivity index (χ1v) is 5.12. The zero-order chi connectivity index (χ0) is 10.6. The topological polar surface area (TPSA) is 12.0 Å². The van der Waals surface area contributed by atoms with Gasteiger partial charge in [0.05, 0.1) is 0 Å². The Labute approximate surface area is 86.8 Å². The number of hydrogen-bond donors (Lipinski definition) is 1. The van der Waals surface area contributed by atoms with Crippen LogP contribution in [0, 0.1) is 13.8 Å². The van der Waals surface area contributed by atoms with E-state index in [1.165, 1.54) is 22.4 Å². The zero-order valence-corrected chi connectivity index (χ0v) is 9.35. The van der Waals surface area contributed by atoms with Crippen LogP contribution in [0.25, 0.3) is 0 Å². The van der Waals surface area contributed by atoms with Crippen molar-refractivity contribution in [3.05, 3.63) is 41.5 Å². The minimum absolute atomic E-state index is 0.877. The summed E-state index contributed by atoms with van der Waals surface area (Å²) in [5, 5.41) is 3.43. The van der Waals surface area contributed by atoms with Crippen molar-refractivity contribution in [2.75, 3.05) is 11.9 Å². The maximum atomic E-state index is 3.99. The van der Waals surface area contributed by atoms with Crippen molar-refractivity contribution in [1.82, 2.24) is 0 Å². The van der Waals surface area contributed by atoms with Crippen LogP contribution in [0.4, 0.5) is 5.69 Å². The molecule has 0 bridgehead atoms. The van der Waals surface area contributed by atoms with Crippen LogP contribution in [0.1, 0.15) is 24.5 Å². The maximum Gasteiger partial charge on any atom is 0.0402 e. The lowest BCUT2D eigenvalue weighted by Gasteiger charge is -2.12. The molecule has 1 aromatic rings. The van der Waals surface area contributed by atoms with E-state index in [1.807, 2.05) is 0 Å². The molecule has 0 amide bonds. The van der Waals surface area contributed by atoms with E-state index in [9.17, 15) is 0 Å². The highest BCUT2D eigenvalue weighted by Gasteiger charge is 2.00. The number of anilines is 1. The number of benzene rings is 1. The van der Waals surface area contributed by atoms with Gasteiger partial charge in [0.15, 0.2) is 0 Å². The Morgan fingerprint density at radius 3 is 2.36 bits per heavy atom. The van der Waals surface area contributed by atoms with Gasteiger partial charge in [-0.1, -0.05) is 37.3 Å². The summed E-state index contributed by atoms with van der Waals surface area (Å²) in [6, 6.07) is 6.35. The fourth-order valence-electron chi connectivity index (χ4n) is 1.43. The van der Waals surface area contributed by atoms with Gasteiger partial charge in [-0.15, -0.1) is 0 Å². The Kier molecular flexibility index (Phi) is 3.75. The van der Waals surface area contributed by atoms with Crippen LogP contribution in [-0.4, -0.2) is 6.54 Å². The molecule has 0 fully saturated rings. The van der Waals surface area contributed by atoms with Gasteiger partial charge in [-0.25, -0.2) is 0 Å². The van der Waals surface area contributed by atoms with Gasteiger partial charge in [0.2, 0.25) is 0 Å². The minimum Gasteiger partial charge on any atom is -0.381 e. The SMILES string of the molecule is C=C(CC)CNc1c(C)cccc1C. The van der Waals surface area contributed by atoms with Gasteiger partial charge < -0.3 is 5.32 Å². The monoisotopic (exact) mass is 189 g/mol. The van der Waals surface area contributed by atoms with E-state index in [1.54, 1.807) is 0 Å². The third kappa shape index (κ3) is 2.63. The summed E-state index contributed by atoms with van der Waals surface area (Å²) < 4.78 is 0. The molecule has 1 aromatic carbocycles. The van der Waals surface area contributed by atoms with E-state index < -0.39 is 0 Å². The normalized spacial score (nSPS) is 9.93. The van der Waals surface area contributed by atoms with Gasteiger partial charge in [-0.3, -0.25) is 0 Å². The molecule has 0 aliphatic heterocycles. The second-order valence-electron chi connectivity index (χ2n) is 3.72. The molecule has 0 radical (unpaired) electrons. The summed E-state index contributed by atoms with van der Waals surface area (Å²) in [7, 11) is 0. The number of para-hydroxylation sites is 1. The average molecular weight is 189 g/mol. The Balaban J connectivity index is 2.71. The second-order valence-corrected chi connectivity index (χ2v) is 3.72. The average Bonchev–Trinajstić information content (AvgIpc) is 2.16. The number of hydrogen-bond acceptors (Lipinski definition) is 1. The largest absolute Gasteiger partial charge is 0.381 e. The van der Waals surface area contributed by atoms with E-state index >= 15 is 0 Å². The van der Waals surface area contributed by atoms with Crippen LogP contribution in [-0.2, 0) is 0 Å². The molecule has 1 nitrogen and oxygen atoms in total. The van der Waals surface area contributed by atoms with E-state index in [0.29, 0.717) is 0 Å². The van der Waals surface area contributed by atoms with Crippen LogP contribution in [0.15, 0.2) is 30.4 Å². The number of rotatable bonds is 4. The molecule has 1 N–H and O–H groups in total. The first-order valence-electron chi connectivity index (χ1n) is 5.12. The molecule has 1 heteroatoms. The van der Waals surface area contributed by atoms with Crippen LogP contribution in [0.5, 0.6) is 0 Å². The van der Waals surface area contributed by atoms with E-state index in [-0.39, 0.29) is 0 Å². The summed E-state index contributed by atoms with van der Waals surface area (Å²) in [5.41, 5.74) is 5.09. The molecular formula is C13H19N. The van der Waals surface area contributed by atoms with Crippen molar-refractivity contribution in [2.45, 2.75) is 27.2 Å². The number of nitrogens with one attached hydrogen (secondary N) is 1. The standard InChI is InChI=1S/C13H19N/c1-5-10(2)9-14-13-11(3)7-6-8-12(13)4/h6-8,14H,2,5,9H2,1,3-4H3. The fraction of sp³-hybridized carbons (Fsp3) is 0.385. The van der Waals surface area contributed by atoms with Crippen molar-refractivity contribution >= 4 is 5.69 Å². The Bertz CT molecular complexity index is 306. The van der Waals surface area contributed by atoms with Gasteiger partial charge in [-0.2, -0.15) is 0 Å². The third-order valence-corrected chi connectivity index (χ3v) is 2.50. The van der Waals surface area contributed by atoms with Gasteiger partial charge in [0, 0.05) is 12.2 Å². The lowest BCUT2D eigenvalue weighted by molar-refractivity contribution is 1.05. The predicted molar refractivity (Wildman–Crippen MR) is 63.8 cm³/mol. The van der Waals surface area contributed by atoms with Crippen molar-refractivity contribution < 1.29 is 0 Å². The molecule has 0 aliphatic carbocycles. The lowest BCUT2D eigenvalue weighted by atomic mass is 10.1. The van der Waals surface area contributed by atoms with E-state index in [2.05, 4.69) is 50.9 Å². The second kappa shape index (κ2) is 4.85. The first-order chi connectivity index (χ1) is 6.65. The fourth-order valence-corrected chi connectivity index (χ4v) is 1.43. The van der Waals surface area contributed by atoms with Crippen molar-refractivity contribution in [1.29, 1.82) is 0 Å². The molecule has 0 heterocycles. The number of aryl methyl sites for hydroxylation is 2. The van der Waals surface area contributed by atoms with Crippen LogP contribution in [0.3, 0.4) is 0 Å². The van der Waals surface area contributed by atoms with Crippen LogP contribution in [0.2, 0.25) is 0 Å². The molecule has 0 aliphatic rings.